The van der Waals surface area contributed by atoms with Gasteiger partial charge in [0, 0.05) is 18.2 Å². The Hall–Kier alpha value is -2.31. The third-order valence-electron chi connectivity index (χ3n) is 3.04. The van der Waals surface area contributed by atoms with Gasteiger partial charge in [0.15, 0.2) is 0 Å². The van der Waals surface area contributed by atoms with E-state index in [1.54, 1.807) is 6.20 Å². The number of unbranched alkanes of at least 4 members (excludes halogenated alkanes) is 1. The van der Waals surface area contributed by atoms with Crippen LogP contribution in [0.3, 0.4) is 0 Å². The molecule has 0 bridgehead atoms. The quantitative estimate of drug-likeness (QED) is 0.796. The molecule has 0 fully saturated rings. The topological polar surface area (TPSA) is 68.0 Å². The molecule has 1 aromatic heterocycles. The fourth-order valence-electron chi connectivity index (χ4n) is 1.96. The van der Waals surface area contributed by atoms with Crippen molar-refractivity contribution in [2.75, 3.05) is 0 Å². The number of aliphatic carboxylic acids is 1. The summed E-state index contributed by atoms with van der Waals surface area (Å²) < 4.78 is 28.4. The summed E-state index contributed by atoms with van der Waals surface area (Å²) >= 11 is 0. The van der Waals surface area contributed by atoms with Gasteiger partial charge in [-0.3, -0.25) is 4.79 Å². The van der Waals surface area contributed by atoms with E-state index in [0.29, 0.717) is 25.0 Å². The van der Waals surface area contributed by atoms with E-state index in [-0.39, 0.29) is 18.5 Å². The zero-order chi connectivity index (χ0) is 15.2. The maximum Gasteiger partial charge on any atom is 0.303 e. The van der Waals surface area contributed by atoms with Gasteiger partial charge >= 0.3 is 5.97 Å². The maximum absolute atomic E-state index is 13.5. The summed E-state index contributed by atoms with van der Waals surface area (Å²) in [7, 11) is 0. The molecule has 1 N–H and O–H groups in total. The highest BCUT2D eigenvalue weighted by molar-refractivity contribution is 5.66. The smallest absolute Gasteiger partial charge is 0.303 e. The lowest BCUT2D eigenvalue weighted by molar-refractivity contribution is -0.137. The summed E-state index contributed by atoms with van der Waals surface area (Å²) in [6, 6.07) is 3.70. The van der Waals surface area contributed by atoms with E-state index in [2.05, 4.69) is 10.3 Å². The van der Waals surface area contributed by atoms with E-state index in [1.807, 2.05) is 0 Å². The molecule has 1 aromatic carbocycles. The molecule has 21 heavy (non-hydrogen) atoms. The number of aryl methyl sites for hydroxylation is 1. The van der Waals surface area contributed by atoms with Gasteiger partial charge in [0.1, 0.15) is 11.6 Å². The van der Waals surface area contributed by atoms with Gasteiger partial charge in [-0.15, -0.1) is 5.10 Å². The van der Waals surface area contributed by atoms with E-state index in [0.717, 1.165) is 0 Å². The first-order valence-corrected chi connectivity index (χ1v) is 6.60. The Bertz CT molecular complexity index is 608. The SMILES string of the molecule is O=C(O)CCCCc1cn(Cc2c(F)cccc2F)nn1. The van der Waals surface area contributed by atoms with Crippen molar-refractivity contribution in [1.29, 1.82) is 0 Å². The minimum atomic E-state index is -0.825. The van der Waals surface area contributed by atoms with Crippen LogP contribution in [-0.2, 0) is 17.8 Å². The van der Waals surface area contributed by atoms with Gasteiger partial charge in [-0.05, 0) is 31.4 Å². The van der Waals surface area contributed by atoms with Crippen LogP contribution < -0.4 is 0 Å². The standard InChI is InChI=1S/C14H15F2N3O2/c15-12-5-3-6-13(16)11(12)9-19-8-10(17-18-19)4-1-2-7-14(20)21/h3,5-6,8H,1-2,4,7,9H2,(H,20,21). The van der Waals surface area contributed by atoms with Crippen molar-refractivity contribution < 1.29 is 18.7 Å². The zero-order valence-electron chi connectivity index (χ0n) is 11.3. The number of carboxylic acid groups (broad SMARTS) is 1. The fraction of sp³-hybridized carbons (Fsp3) is 0.357. The van der Waals surface area contributed by atoms with Crippen LogP contribution in [0.4, 0.5) is 8.78 Å². The molecule has 0 atom stereocenters. The molecule has 0 aliphatic heterocycles. The lowest BCUT2D eigenvalue weighted by Gasteiger charge is -2.03. The molecule has 1 heterocycles. The number of rotatable bonds is 7. The molecule has 0 saturated carbocycles. The Morgan fingerprint density at radius 2 is 1.95 bits per heavy atom. The summed E-state index contributed by atoms with van der Waals surface area (Å²) in [5.41, 5.74) is 0.622. The van der Waals surface area contributed by atoms with E-state index in [1.165, 1.54) is 22.9 Å². The van der Waals surface area contributed by atoms with Crippen molar-refractivity contribution in [3.05, 3.63) is 47.3 Å². The highest BCUT2D eigenvalue weighted by atomic mass is 19.1. The number of aromatic nitrogens is 3. The number of benzene rings is 1. The van der Waals surface area contributed by atoms with Crippen LogP contribution in [0.2, 0.25) is 0 Å². The summed E-state index contributed by atoms with van der Waals surface area (Å²) in [6.45, 7) is -0.0272. The average Bonchev–Trinajstić information content (AvgIpc) is 2.87. The zero-order valence-corrected chi connectivity index (χ0v) is 11.3. The molecular weight excluding hydrogens is 280 g/mol. The Morgan fingerprint density at radius 3 is 2.62 bits per heavy atom. The van der Waals surface area contributed by atoms with Crippen molar-refractivity contribution in [3.8, 4) is 0 Å². The van der Waals surface area contributed by atoms with Gasteiger partial charge in [0.2, 0.25) is 0 Å². The first-order valence-electron chi connectivity index (χ1n) is 6.60. The molecule has 2 rings (SSSR count). The minimum Gasteiger partial charge on any atom is -0.481 e. The highest BCUT2D eigenvalue weighted by Gasteiger charge is 2.10. The van der Waals surface area contributed by atoms with E-state index < -0.39 is 17.6 Å². The summed E-state index contributed by atoms with van der Waals surface area (Å²) in [4.78, 5) is 10.4. The summed E-state index contributed by atoms with van der Waals surface area (Å²) in [6.07, 6.45) is 3.57. The van der Waals surface area contributed by atoms with Crippen LogP contribution in [0.5, 0.6) is 0 Å². The van der Waals surface area contributed by atoms with Gasteiger partial charge in [0.25, 0.3) is 0 Å². The molecule has 0 amide bonds. The van der Waals surface area contributed by atoms with Crippen LogP contribution in [0, 0.1) is 11.6 Å². The first-order chi connectivity index (χ1) is 10.1. The van der Waals surface area contributed by atoms with Crippen molar-refractivity contribution >= 4 is 5.97 Å². The molecule has 0 unspecified atom stereocenters. The number of nitrogens with zero attached hydrogens (tertiary/aromatic N) is 3. The number of hydrogen-bond donors (Lipinski definition) is 1. The van der Waals surface area contributed by atoms with Gasteiger partial charge in [-0.1, -0.05) is 11.3 Å². The van der Waals surface area contributed by atoms with E-state index >= 15 is 0 Å². The number of hydrogen-bond acceptors (Lipinski definition) is 3. The van der Waals surface area contributed by atoms with Gasteiger partial charge in [-0.25, -0.2) is 13.5 Å². The molecule has 7 heteroatoms. The van der Waals surface area contributed by atoms with Crippen molar-refractivity contribution in [3.63, 3.8) is 0 Å². The summed E-state index contributed by atoms with van der Waals surface area (Å²) in [5.74, 6) is -2.06. The largest absolute Gasteiger partial charge is 0.481 e. The number of carboxylic acids is 1. The van der Waals surface area contributed by atoms with Crippen LogP contribution in [0.15, 0.2) is 24.4 Å². The first kappa shape index (κ1) is 15.1. The lowest BCUT2D eigenvalue weighted by atomic mass is 10.1. The lowest BCUT2D eigenvalue weighted by Crippen LogP contribution is -2.05. The second-order valence-electron chi connectivity index (χ2n) is 4.71. The normalized spacial score (nSPS) is 10.8. The predicted molar refractivity (Wildman–Crippen MR) is 70.7 cm³/mol. The van der Waals surface area contributed by atoms with E-state index in [9.17, 15) is 13.6 Å². The Morgan fingerprint density at radius 1 is 1.24 bits per heavy atom. The highest BCUT2D eigenvalue weighted by Crippen LogP contribution is 2.13. The number of carbonyl (C=O) groups is 1. The molecule has 5 nitrogen and oxygen atoms in total. The molecule has 0 saturated heterocycles. The van der Waals surface area contributed by atoms with Gasteiger partial charge < -0.3 is 5.11 Å². The second-order valence-corrected chi connectivity index (χ2v) is 4.71. The average molecular weight is 295 g/mol. The molecule has 0 spiro atoms. The third kappa shape index (κ3) is 4.34. The van der Waals surface area contributed by atoms with Crippen molar-refractivity contribution in [2.24, 2.45) is 0 Å². The minimum absolute atomic E-state index is 0.0272. The van der Waals surface area contributed by atoms with Crippen molar-refractivity contribution in [2.45, 2.75) is 32.2 Å². The molecule has 2 aromatic rings. The van der Waals surface area contributed by atoms with Crippen LogP contribution in [-0.4, -0.2) is 26.1 Å². The molecule has 112 valence electrons. The second kappa shape index (κ2) is 6.92. The monoisotopic (exact) mass is 295 g/mol. The van der Waals surface area contributed by atoms with Crippen molar-refractivity contribution in [1.82, 2.24) is 15.0 Å². The van der Waals surface area contributed by atoms with Gasteiger partial charge in [0.05, 0.1) is 12.2 Å². The third-order valence-corrected chi connectivity index (χ3v) is 3.04. The molecule has 0 aliphatic rings. The molecule has 0 radical (unpaired) electrons. The predicted octanol–water partition coefficient (Wildman–Crippen LogP) is 2.40. The molecule has 0 aliphatic carbocycles. The van der Waals surface area contributed by atoms with Gasteiger partial charge in [-0.2, -0.15) is 0 Å². The molecular formula is C14H15F2N3O2. The Labute approximate surface area is 120 Å². The van der Waals surface area contributed by atoms with Crippen LogP contribution in [0.1, 0.15) is 30.5 Å². The Kier molecular flexibility index (Phi) is 4.97. The fourth-order valence-corrected chi connectivity index (χ4v) is 1.96. The van der Waals surface area contributed by atoms with E-state index in [4.69, 9.17) is 5.11 Å². The Balaban J connectivity index is 1.92. The summed E-state index contributed by atoms with van der Waals surface area (Å²) in [5, 5.41) is 16.3. The number of halogens is 2. The maximum atomic E-state index is 13.5. The van der Waals surface area contributed by atoms with Crippen LogP contribution in [0.25, 0.3) is 0 Å². The van der Waals surface area contributed by atoms with Crippen LogP contribution >= 0.6 is 0 Å².